The zero-order valence-electron chi connectivity index (χ0n) is 16.1. The molecule has 0 unspecified atom stereocenters. The van der Waals surface area contributed by atoms with Crippen molar-refractivity contribution >= 4 is 21.6 Å². The van der Waals surface area contributed by atoms with Crippen LogP contribution in [-0.4, -0.2) is 27.0 Å². The third kappa shape index (κ3) is 6.37. The summed E-state index contributed by atoms with van der Waals surface area (Å²) >= 11 is 0. The van der Waals surface area contributed by atoms with Crippen molar-refractivity contribution in [3.63, 3.8) is 0 Å². The first-order valence-corrected chi connectivity index (χ1v) is 10.3. The van der Waals surface area contributed by atoms with Crippen molar-refractivity contribution in [1.82, 2.24) is 4.72 Å². The fourth-order valence-electron chi connectivity index (χ4n) is 2.44. The molecule has 2 aromatic rings. The van der Waals surface area contributed by atoms with E-state index in [1.165, 1.54) is 12.1 Å². The quantitative estimate of drug-likeness (QED) is 0.723. The Morgan fingerprint density at radius 1 is 1.07 bits per heavy atom. The van der Waals surface area contributed by atoms with Crippen LogP contribution in [0.25, 0.3) is 0 Å². The van der Waals surface area contributed by atoms with Crippen molar-refractivity contribution in [3.8, 4) is 5.75 Å². The Morgan fingerprint density at radius 2 is 1.74 bits per heavy atom. The highest BCUT2D eigenvalue weighted by molar-refractivity contribution is 7.89. The second kappa shape index (κ2) is 9.01. The maximum absolute atomic E-state index is 12.1. The molecule has 0 saturated carbocycles. The van der Waals surface area contributed by atoms with Crippen LogP contribution in [0.4, 0.5) is 5.69 Å². The Morgan fingerprint density at radius 3 is 2.37 bits per heavy atom. The third-order valence-corrected chi connectivity index (χ3v) is 5.44. The monoisotopic (exact) mass is 390 g/mol. The summed E-state index contributed by atoms with van der Waals surface area (Å²) in [5.41, 5.74) is 2.66. The molecule has 146 valence electrons. The Balaban J connectivity index is 1.88. The van der Waals surface area contributed by atoms with Crippen molar-refractivity contribution in [2.75, 3.05) is 11.9 Å². The van der Waals surface area contributed by atoms with Gasteiger partial charge in [-0.15, -0.1) is 0 Å². The molecule has 2 N–H and O–H groups in total. The van der Waals surface area contributed by atoms with Crippen LogP contribution in [0.15, 0.2) is 47.4 Å². The molecule has 0 aliphatic rings. The van der Waals surface area contributed by atoms with Gasteiger partial charge in [0.25, 0.3) is 0 Å². The topological polar surface area (TPSA) is 84.5 Å². The van der Waals surface area contributed by atoms with Gasteiger partial charge in [0.1, 0.15) is 5.75 Å². The van der Waals surface area contributed by atoms with Crippen LogP contribution >= 0.6 is 0 Å². The molecule has 6 nitrogen and oxygen atoms in total. The molecule has 0 bridgehead atoms. The van der Waals surface area contributed by atoms with Crippen molar-refractivity contribution < 1.29 is 17.9 Å². The van der Waals surface area contributed by atoms with Crippen molar-refractivity contribution in [2.45, 2.75) is 45.1 Å². The van der Waals surface area contributed by atoms with Crippen molar-refractivity contribution in [1.29, 1.82) is 0 Å². The van der Waals surface area contributed by atoms with E-state index in [1.54, 1.807) is 26.0 Å². The zero-order chi connectivity index (χ0) is 20.0. The Kier molecular flexibility index (Phi) is 6.98. The summed E-state index contributed by atoms with van der Waals surface area (Å²) in [4.78, 5) is 12.2. The predicted octanol–water partition coefficient (Wildman–Crippen LogP) is 3.40. The summed E-state index contributed by atoms with van der Waals surface area (Å²) in [5.74, 6) is 0.575. The Labute approximate surface area is 161 Å². The highest BCUT2D eigenvalue weighted by Gasteiger charge is 2.15. The molecule has 0 aliphatic carbocycles. The van der Waals surface area contributed by atoms with E-state index in [1.807, 2.05) is 32.0 Å². The van der Waals surface area contributed by atoms with Gasteiger partial charge in [-0.2, -0.15) is 0 Å². The number of hydrogen-bond donors (Lipinski definition) is 2. The van der Waals surface area contributed by atoms with Gasteiger partial charge in [0.15, 0.2) is 0 Å². The normalized spacial score (nSPS) is 11.4. The molecule has 0 saturated heterocycles. The van der Waals surface area contributed by atoms with Crippen LogP contribution < -0.4 is 14.8 Å². The molecule has 0 atom stereocenters. The molecule has 0 aromatic heterocycles. The number of rotatable bonds is 8. The second-order valence-corrected chi connectivity index (χ2v) is 8.43. The van der Waals surface area contributed by atoms with E-state index in [-0.39, 0.29) is 29.9 Å². The van der Waals surface area contributed by atoms with E-state index in [9.17, 15) is 13.2 Å². The van der Waals surface area contributed by atoms with E-state index >= 15 is 0 Å². The number of ether oxygens (including phenoxy) is 1. The number of amides is 1. The van der Waals surface area contributed by atoms with Gasteiger partial charge in [-0.05, 0) is 69.2 Å². The number of hydrogen-bond acceptors (Lipinski definition) is 4. The summed E-state index contributed by atoms with van der Waals surface area (Å²) in [7, 11) is -3.54. The zero-order valence-corrected chi connectivity index (χ0v) is 16.9. The van der Waals surface area contributed by atoms with Crippen LogP contribution in [-0.2, 0) is 14.8 Å². The largest absolute Gasteiger partial charge is 0.493 e. The molecule has 0 radical (unpaired) electrons. The molecule has 0 heterocycles. The molecular weight excluding hydrogens is 364 g/mol. The summed E-state index contributed by atoms with van der Waals surface area (Å²) in [6.45, 7) is 7.72. The van der Waals surface area contributed by atoms with Crippen LogP contribution in [0.5, 0.6) is 5.75 Å². The molecule has 0 spiro atoms. The SMILES string of the molecule is Cc1ccc(C)c(OCCC(=O)Nc2ccc(S(=O)(=O)NC(C)C)cc2)c1. The molecule has 7 heteroatoms. The van der Waals surface area contributed by atoms with Gasteiger partial charge in [-0.1, -0.05) is 12.1 Å². The minimum Gasteiger partial charge on any atom is -0.493 e. The van der Waals surface area contributed by atoms with Gasteiger partial charge in [0.2, 0.25) is 15.9 Å². The molecular formula is C20H26N2O4S. The highest BCUT2D eigenvalue weighted by Crippen LogP contribution is 2.19. The summed E-state index contributed by atoms with van der Waals surface area (Å²) in [6.07, 6.45) is 0.197. The van der Waals surface area contributed by atoms with Crippen molar-refractivity contribution in [3.05, 3.63) is 53.6 Å². The van der Waals surface area contributed by atoms with Gasteiger partial charge in [0.05, 0.1) is 17.9 Å². The summed E-state index contributed by atoms with van der Waals surface area (Å²) in [6, 6.07) is 11.8. The average Bonchev–Trinajstić information content (AvgIpc) is 2.57. The van der Waals surface area contributed by atoms with Crippen LogP contribution in [0.3, 0.4) is 0 Å². The molecule has 2 aromatic carbocycles. The number of anilines is 1. The van der Waals surface area contributed by atoms with E-state index < -0.39 is 10.0 Å². The van der Waals surface area contributed by atoms with E-state index in [4.69, 9.17) is 4.74 Å². The molecule has 27 heavy (non-hydrogen) atoms. The minimum atomic E-state index is -3.54. The molecule has 1 amide bonds. The maximum Gasteiger partial charge on any atom is 0.240 e. The van der Waals surface area contributed by atoms with Gasteiger partial charge in [-0.3, -0.25) is 4.79 Å². The lowest BCUT2D eigenvalue weighted by Gasteiger charge is -2.11. The standard InChI is InChI=1S/C20H26N2O4S/c1-14(2)22-27(24,25)18-9-7-17(8-10-18)21-20(23)11-12-26-19-13-15(3)5-6-16(19)4/h5-10,13-14,22H,11-12H2,1-4H3,(H,21,23). The van der Waals surface area contributed by atoms with Crippen LogP contribution in [0.2, 0.25) is 0 Å². The summed E-state index contributed by atoms with van der Waals surface area (Å²) in [5, 5.41) is 2.74. The lowest BCUT2D eigenvalue weighted by molar-refractivity contribution is -0.116. The van der Waals surface area contributed by atoms with Gasteiger partial charge in [0, 0.05) is 11.7 Å². The van der Waals surface area contributed by atoms with Crippen LogP contribution in [0.1, 0.15) is 31.4 Å². The number of benzene rings is 2. The van der Waals surface area contributed by atoms with Gasteiger partial charge in [-0.25, -0.2) is 13.1 Å². The minimum absolute atomic E-state index is 0.160. The second-order valence-electron chi connectivity index (χ2n) is 6.72. The van der Waals surface area contributed by atoms with E-state index in [0.29, 0.717) is 5.69 Å². The summed E-state index contributed by atoms with van der Waals surface area (Å²) < 4.78 is 32.4. The first-order chi connectivity index (χ1) is 12.7. The number of carbonyl (C=O) groups excluding carboxylic acids is 1. The van der Waals surface area contributed by atoms with E-state index in [2.05, 4.69) is 10.0 Å². The van der Waals surface area contributed by atoms with Crippen LogP contribution in [0, 0.1) is 13.8 Å². The predicted molar refractivity (Wildman–Crippen MR) is 107 cm³/mol. The fraction of sp³-hybridized carbons (Fsp3) is 0.350. The molecule has 0 fully saturated rings. The number of carbonyl (C=O) groups is 1. The molecule has 0 aliphatic heterocycles. The smallest absolute Gasteiger partial charge is 0.240 e. The Bertz CT molecular complexity index is 891. The third-order valence-electron chi connectivity index (χ3n) is 3.77. The number of aryl methyl sites for hydroxylation is 2. The highest BCUT2D eigenvalue weighted by atomic mass is 32.2. The van der Waals surface area contributed by atoms with E-state index in [0.717, 1.165) is 16.9 Å². The fourth-order valence-corrected chi connectivity index (χ4v) is 3.69. The number of nitrogens with one attached hydrogen (secondary N) is 2. The first-order valence-electron chi connectivity index (χ1n) is 8.79. The number of sulfonamides is 1. The van der Waals surface area contributed by atoms with Crippen molar-refractivity contribution in [2.24, 2.45) is 0 Å². The lowest BCUT2D eigenvalue weighted by Crippen LogP contribution is -2.30. The lowest BCUT2D eigenvalue weighted by atomic mass is 10.1. The van der Waals surface area contributed by atoms with Gasteiger partial charge >= 0.3 is 0 Å². The first kappa shape index (κ1) is 20.9. The average molecular weight is 391 g/mol. The molecule has 2 rings (SSSR count). The Hall–Kier alpha value is -2.38. The maximum atomic E-state index is 12.1. The van der Waals surface area contributed by atoms with Gasteiger partial charge < -0.3 is 10.1 Å².